The number of hydrogen-bond acceptors (Lipinski definition) is 4. The maximum Gasteiger partial charge on any atom is 0.323 e. The van der Waals surface area contributed by atoms with E-state index in [2.05, 4.69) is 18.7 Å². The molecule has 0 saturated carbocycles. The second-order valence-corrected chi connectivity index (χ2v) is 4.75. The molecule has 1 fully saturated rings. The quantitative estimate of drug-likeness (QED) is 0.684. The first kappa shape index (κ1) is 13.5. The summed E-state index contributed by atoms with van der Waals surface area (Å²) in [5.41, 5.74) is -0.168. The zero-order valence-corrected chi connectivity index (χ0v) is 10.8. The molecule has 0 radical (unpaired) electrons. The average Bonchev–Trinajstić information content (AvgIpc) is 2.17. The summed E-state index contributed by atoms with van der Waals surface area (Å²) in [6.07, 6.45) is 0.787. The number of nitrogens with zero attached hydrogens (tertiary/aromatic N) is 1. The van der Waals surface area contributed by atoms with E-state index in [0.29, 0.717) is 13.2 Å². The van der Waals surface area contributed by atoms with Crippen molar-refractivity contribution in [1.29, 1.82) is 0 Å². The first-order valence-corrected chi connectivity index (χ1v) is 6.05. The van der Waals surface area contributed by atoms with E-state index in [0.717, 1.165) is 19.5 Å². The van der Waals surface area contributed by atoms with Gasteiger partial charge in [0.15, 0.2) is 0 Å². The Kier molecular flexibility index (Phi) is 4.74. The standard InChI is InChI=1S/C12H23NO3/c1-5-10(11(14)15-6-2)13-7-8-16-12(3,4)9-13/h10H,5-9H2,1-4H3. The van der Waals surface area contributed by atoms with E-state index in [9.17, 15) is 4.79 Å². The van der Waals surface area contributed by atoms with Gasteiger partial charge in [-0.3, -0.25) is 9.69 Å². The lowest BCUT2D eigenvalue weighted by Crippen LogP contribution is -2.54. The Labute approximate surface area is 97.9 Å². The lowest BCUT2D eigenvalue weighted by atomic mass is 10.0. The molecule has 0 aromatic heterocycles. The van der Waals surface area contributed by atoms with Crippen LogP contribution in [-0.4, -0.2) is 48.8 Å². The summed E-state index contributed by atoms with van der Waals surface area (Å²) in [5, 5.41) is 0. The molecule has 1 rings (SSSR count). The fourth-order valence-electron chi connectivity index (χ4n) is 2.13. The maximum atomic E-state index is 11.8. The third-order valence-electron chi connectivity index (χ3n) is 2.84. The molecule has 1 heterocycles. The molecule has 0 aliphatic carbocycles. The molecular weight excluding hydrogens is 206 g/mol. The van der Waals surface area contributed by atoms with Gasteiger partial charge in [-0.1, -0.05) is 6.92 Å². The molecule has 0 spiro atoms. The number of morpholine rings is 1. The molecule has 1 aliphatic rings. The van der Waals surface area contributed by atoms with Gasteiger partial charge in [0.2, 0.25) is 0 Å². The Balaban J connectivity index is 2.62. The number of ether oxygens (including phenoxy) is 2. The van der Waals surface area contributed by atoms with Gasteiger partial charge in [-0.25, -0.2) is 0 Å². The predicted molar refractivity (Wildman–Crippen MR) is 62.3 cm³/mol. The van der Waals surface area contributed by atoms with E-state index >= 15 is 0 Å². The number of esters is 1. The molecular formula is C12H23NO3. The van der Waals surface area contributed by atoms with Crippen LogP contribution in [0.4, 0.5) is 0 Å². The summed E-state index contributed by atoms with van der Waals surface area (Å²) in [6, 6.07) is -0.122. The van der Waals surface area contributed by atoms with E-state index < -0.39 is 0 Å². The van der Waals surface area contributed by atoms with Crippen LogP contribution < -0.4 is 0 Å². The minimum absolute atomic E-state index is 0.109. The van der Waals surface area contributed by atoms with Crippen molar-refractivity contribution in [2.24, 2.45) is 0 Å². The summed E-state index contributed by atoms with van der Waals surface area (Å²) in [7, 11) is 0. The zero-order chi connectivity index (χ0) is 12.2. The second-order valence-electron chi connectivity index (χ2n) is 4.75. The lowest BCUT2D eigenvalue weighted by Gasteiger charge is -2.41. The number of hydrogen-bond donors (Lipinski definition) is 0. The highest BCUT2D eigenvalue weighted by Gasteiger charge is 2.34. The largest absolute Gasteiger partial charge is 0.465 e. The van der Waals surface area contributed by atoms with Gasteiger partial charge in [-0.2, -0.15) is 0 Å². The van der Waals surface area contributed by atoms with E-state index in [1.807, 2.05) is 13.8 Å². The fourth-order valence-corrected chi connectivity index (χ4v) is 2.13. The van der Waals surface area contributed by atoms with Crippen LogP contribution in [0.2, 0.25) is 0 Å². The van der Waals surface area contributed by atoms with Crippen LogP contribution in [0.1, 0.15) is 34.1 Å². The van der Waals surface area contributed by atoms with Gasteiger partial charge >= 0.3 is 5.97 Å². The second kappa shape index (κ2) is 5.64. The van der Waals surface area contributed by atoms with Gasteiger partial charge in [-0.05, 0) is 27.2 Å². The fraction of sp³-hybridized carbons (Fsp3) is 0.917. The molecule has 1 aliphatic heterocycles. The average molecular weight is 229 g/mol. The topological polar surface area (TPSA) is 38.8 Å². The van der Waals surface area contributed by atoms with E-state index in [-0.39, 0.29) is 17.6 Å². The van der Waals surface area contributed by atoms with Crippen molar-refractivity contribution < 1.29 is 14.3 Å². The number of carbonyl (C=O) groups excluding carboxylic acids is 1. The minimum Gasteiger partial charge on any atom is -0.465 e. The Hall–Kier alpha value is -0.610. The molecule has 0 N–H and O–H groups in total. The molecule has 0 aromatic carbocycles. The normalized spacial score (nSPS) is 22.8. The van der Waals surface area contributed by atoms with Crippen molar-refractivity contribution in [3.63, 3.8) is 0 Å². The van der Waals surface area contributed by atoms with Crippen LogP contribution in [0.5, 0.6) is 0 Å². The van der Waals surface area contributed by atoms with Crippen LogP contribution in [-0.2, 0) is 14.3 Å². The maximum absolute atomic E-state index is 11.8. The number of rotatable bonds is 4. The Morgan fingerprint density at radius 1 is 1.50 bits per heavy atom. The highest BCUT2D eigenvalue weighted by molar-refractivity contribution is 5.75. The van der Waals surface area contributed by atoms with Gasteiger partial charge in [0.05, 0.1) is 18.8 Å². The summed E-state index contributed by atoms with van der Waals surface area (Å²) in [5.74, 6) is -0.109. The third-order valence-corrected chi connectivity index (χ3v) is 2.84. The molecule has 0 amide bonds. The summed E-state index contributed by atoms with van der Waals surface area (Å²) >= 11 is 0. The van der Waals surface area contributed by atoms with E-state index in [4.69, 9.17) is 9.47 Å². The predicted octanol–water partition coefficient (Wildman–Crippen LogP) is 1.44. The van der Waals surface area contributed by atoms with Crippen LogP contribution in [0.15, 0.2) is 0 Å². The highest BCUT2D eigenvalue weighted by atomic mass is 16.5. The smallest absolute Gasteiger partial charge is 0.323 e. The molecule has 16 heavy (non-hydrogen) atoms. The van der Waals surface area contributed by atoms with Gasteiger partial charge in [0.1, 0.15) is 6.04 Å². The number of carbonyl (C=O) groups is 1. The SMILES string of the molecule is CCOC(=O)C(CC)N1CCOC(C)(C)C1. The molecule has 4 nitrogen and oxygen atoms in total. The molecule has 0 bridgehead atoms. The van der Waals surface area contributed by atoms with E-state index in [1.165, 1.54) is 0 Å². The first-order chi connectivity index (χ1) is 7.50. The van der Waals surface area contributed by atoms with E-state index in [1.54, 1.807) is 0 Å². The van der Waals surface area contributed by atoms with Crippen LogP contribution >= 0.6 is 0 Å². The Morgan fingerprint density at radius 3 is 2.69 bits per heavy atom. The van der Waals surface area contributed by atoms with Crippen LogP contribution in [0.25, 0.3) is 0 Å². The highest BCUT2D eigenvalue weighted by Crippen LogP contribution is 2.20. The van der Waals surface area contributed by atoms with Crippen molar-refractivity contribution in [3.05, 3.63) is 0 Å². The van der Waals surface area contributed by atoms with Gasteiger partial charge in [0.25, 0.3) is 0 Å². The molecule has 94 valence electrons. The van der Waals surface area contributed by atoms with Crippen molar-refractivity contribution in [3.8, 4) is 0 Å². The zero-order valence-electron chi connectivity index (χ0n) is 10.8. The summed E-state index contributed by atoms with van der Waals surface area (Å²) < 4.78 is 10.7. The minimum atomic E-state index is -0.168. The Morgan fingerprint density at radius 2 is 2.19 bits per heavy atom. The van der Waals surface area contributed by atoms with Crippen molar-refractivity contribution in [2.45, 2.75) is 45.8 Å². The summed E-state index contributed by atoms with van der Waals surface area (Å²) in [6.45, 7) is 10.7. The monoisotopic (exact) mass is 229 g/mol. The van der Waals surface area contributed by atoms with Gasteiger partial charge in [-0.15, -0.1) is 0 Å². The molecule has 1 unspecified atom stereocenters. The van der Waals surface area contributed by atoms with Crippen molar-refractivity contribution in [1.82, 2.24) is 4.90 Å². The van der Waals surface area contributed by atoms with Gasteiger partial charge < -0.3 is 9.47 Å². The molecule has 4 heteroatoms. The molecule has 0 aromatic rings. The third kappa shape index (κ3) is 3.46. The summed E-state index contributed by atoms with van der Waals surface area (Å²) in [4.78, 5) is 13.9. The molecule has 1 atom stereocenters. The molecule has 1 saturated heterocycles. The first-order valence-electron chi connectivity index (χ1n) is 6.05. The van der Waals surface area contributed by atoms with Crippen LogP contribution in [0.3, 0.4) is 0 Å². The van der Waals surface area contributed by atoms with Crippen LogP contribution in [0, 0.1) is 0 Å². The Bertz CT molecular complexity index is 240. The van der Waals surface area contributed by atoms with Crippen molar-refractivity contribution in [2.75, 3.05) is 26.3 Å². The van der Waals surface area contributed by atoms with Gasteiger partial charge in [0, 0.05) is 13.1 Å². The van der Waals surface area contributed by atoms with Crippen molar-refractivity contribution >= 4 is 5.97 Å². The lowest BCUT2D eigenvalue weighted by molar-refractivity contribution is -0.156.